The van der Waals surface area contributed by atoms with Crippen LogP contribution in [-0.2, 0) is 0 Å². The molecule has 16 heavy (non-hydrogen) atoms. The minimum atomic E-state index is -0.182. The molecule has 3 nitrogen and oxygen atoms in total. The van der Waals surface area contributed by atoms with E-state index in [0.717, 1.165) is 12.8 Å². The lowest BCUT2D eigenvalue weighted by Crippen LogP contribution is -2.14. The van der Waals surface area contributed by atoms with Gasteiger partial charge in [-0.3, -0.25) is 0 Å². The van der Waals surface area contributed by atoms with Crippen molar-refractivity contribution in [2.75, 3.05) is 7.11 Å². The molecule has 1 atom stereocenters. The molecule has 1 aromatic rings. The summed E-state index contributed by atoms with van der Waals surface area (Å²) in [6, 6.07) is 3.16. The van der Waals surface area contributed by atoms with Gasteiger partial charge in [0.25, 0.3) is 0 Å². The molecule has 0 bridgehead atoms. The van der Waals surface area contributed by atoms with Gasteiger partial charge in [-0.2, -0.15) is 0 Å². The van der Waals surface area contributed by atoms with E-state index in [1.807, 2.05) is 0 Å². The van der Waals surface area contributed by atoms with E-state index < -0.39 is 0 Å². The van der Waals surface area contributed by atoms with Crippen molar-refractivity contribution < 1.29 is 9.84 Å². The average Bonchev–Trinajstić information content (AvgIpc) is 3.04. The van der Waals surface area contributed by atoms with Gasteiger partial charge >= 0.3 is 0 Å². The van der Waals surface area contributed by atoms with Gasteiger partial charge in [-0.05, 0) is 30.9 Å². The van der Waals surface area contributed by atoms with E-state index in [4.69, 9.17) is 22.1 Å². The van der Waals surface area contributed by atoms with Crippen molar-refractivity contribution in [3.05, 3.63) is 22.7 Å². The van der Waals surface area contributed by atoms with E-state index >= 15 is 0 Å². The van der Waals surface area contributed by atoms with E-state index in [9.17, 15) is 5.11 Å². The highest BCUT2D eigenvalue weighted by Gasteiger charge is 2.33. The Kier molecular flexibility index (Phi) is 4.30. The molecule has 1 aliphatic rings. The zero-order chi connectivity index (χ0) is 11.0. The van der Waals surface area contributed by atoms with Crippen molar-refractivity contribution >= 4 is 24.0 Å². The molecule has 0 amide bonds. The first-order chi connectivity index (χ1) is 7.15. The third kappa shape index (κ3) is 2.37. The molecule has 90 valence electrons. The largest absolute Gasteiger partial charge is 0.506 e. The second kappa shape index (κ2) is 5.13. The molecule has 5 heteroatoms. The lowest BCUT2D eigenvalue weighted by molar-refractivity contribution is 0.389. The summed E-state index contributed by atoms with van der Waals surface area (Å²) in [6.07, 6.45) is 2.21. The number of rotatable bonds is 3. The topological polar surface area (TPSA) is 55.5 Å². The zero-order valence-corrected chi connectivity index (χ0v) is 10.5. The number of benzene rings is 1. The van der Waals surface area contributed by atoms with Crippen LogP contribution in [0.2, 0.25) is 5.02 Å². The van der Waals surface area contributed by atoms with Crippen LogP contribution < -0.4 is 10.5 Å². The van der Waals surface area contributed by atoms with Gasteiger partial charge in [0.1, 0.15) is 11.5 Å². The Morgan fingerprint density at radius 1 is 1.50 bits per heavy atom. The maximum atomic E-state index is 9.86. The van der Waals surface area contributed by atoms with Gasteiger partial charge in [-0.25, -0.2) is 0 Å². The minimum Gasteiger partial charge on any atom is -0.506 e. The van der Waals surface area contributed by atoms with Crippen LogP contribution in [0.1, 0.15) is 24.4 Å². The molecule has 0 heterocycles. The molecule has 0 aromatic heterocycles. The SMILES string of the molecule is COc1ccc(Cl)c(O)c1[C@H](N)C1CC1.Cl. The molecule has 1 aliphatic carbocycles. The van der Waals surface area contributed by atoms with Crippen LogP contribution in [0.15, 0.2) is 12.1 Å². The molecule has 3 N–H and O–H groups in total. The molecule has 1 aromatic carbocycles. The molecule has 0 unspecified atom stereocenters. The van der Waals surface area contributed by atoms with Crippen LogP contribution in [0, 0.1) is 5.92 Å². The molecule has 2 rings (SSSR count). The first kappa shape index (κ1) is 13.4. The lowest BCUT2D eigenvalue weighted by atomic mass is 10.0. The molecule has 1 saturated carbocycles. The quantitative estimate of drug-likeness (QED) is 0.882. The van der Waals surface area contributed by atoms with Crippen molar-refractivity contribution in [1.29, 1.82) is 0 Å². The van der Waals surface area contributed by atoms with Gasteiger partial charge in [0, 0.05) is 6.04 Å². The third-order valence-corrected chi connectivity index (χ3v) is 3.12. The predicted molar refractivity (Wildman–Crippen MR) is 66.6 cm³/mol. The first-order valence-corrected chi connectivity index (χ1v) is 5.34. The summed E-state index contributed by atoms with van der Waals surface area (Å²) in [4.78, 5) is 0. The van der Waals surface area contributed by atoms with Gasteiger partial charge in [0.15, 0.2) is 0 Å². The Labute approximate surface area is 106 Å². The fraction of sp³-hybridized carbons (Fsp3) is 0.455. The maximum Gasteiger partial charge on any atom is 0.142 e. The van der Waals surface area contributed by atoms with Crippen molar-refractivity contribution in [3.8, 4) is 11.5 Å². The van der Waals surface area contributed by atoms with Gasteiger partial charge in [0.05, 0.1) is 17.7 Å². The van der Waals surface area contributed by atoms with Gasteiger partial charge in [0.2, 0.25) is 0 Å². The van der Waals surface area contributed by atoms with Crippen LogP contribution in [0.25, 0.3) is 0 Å². The summed E-state index contributed by atoms with van der Waals surface area (Å²) < 4.78 is 5.18. The van der Waals surface area contributed by atoms with Gasteiger partial charge < -0.3 is 15.6 Å². The van der Waals surface area contributed by atoms with Crippen LogP contribution in [0.4, 0.5) is 0 Å². The first-order valence-electron chi connectivity index (χ1n) is 4.96. The minimum absolute atomic E-state index is 0. The highest BCUT2D eigenvalue weighted by atomic mass is 35.5. The number of methoxy groups -OCH3 is 1. The standard InChI is InChI=1S/C11H14ClNO2.ClH/c1-15-8-5-4-7(12)11(14)9(8)10(13)6-2-3-6;/h4-6,10,14H,2-3,13H2,1H3;1H/t10-;/m1./s1. The molecular formula is C11H15Cl2NO2. The number of halogens is 2. The van der Waals surface area contributed by atoms with Crippen molar-refractivity contribution in [1.82, 2.24) is 0 Å². The fourth-order valence-electron chi connectivity index (χ4n) is 1.75. The van der Waals surface area contributed by atoms with Crippen molar-refractivity contribution in [3.63, 3.8) is 0 Å². The third-order valence-electron chi connectivity index (χ3n) is 2.81. The number of hydrogen-bond acceptors (Lipinski definition) is 3. The lowest BCUT2D eigenvalue weighted by Gasteiger charge is -2.17. The van der Waals surface area contributed by atoms with Gasteiger partial charge in [-0.1, -0.05) is 11.6 Å². The fourth-order valence-corrected chi connectivity index (χ4v) is 1.92. The zero-order valence-electron chi connectivity index (χ0n) is 8.94. The van der Waals surface area contributed by atoms with E-state index in [0.29, 0.717) is 22.3 Å². The highest BCUT2D eigenvalue weighted by molar-refractivity contribution is 6.32. The van der Waals surface area contributed by atoms with E-state index in [1.54, 1.807) is 19.2 Å². The number of phenols is 1. The molecular weight excluding hydrogens is 249 g/mol. The molecule has 0 saturated heterocycles. The van der Waals surface area contributed by atoms with Crippen LogP contribution in [0.5, 0.6) is 11.5 Å². The summed E-state index contributed by atoms with van der Waals surface area (Å²) in [5.74, 6) is 1.11. The monoisotopic (exact) mass is 263 g/mol. The van der Waals surface area contributed by atoms with Crippen molar-refractivity contribution in [2.24, 2.45) is 11.7 Å². The second-order valence-electron chi connectivity index (χ2n) is 3.88. The number of nitrogens with two attached hydrogens (primary N) is 1. The summed E-state index contributed by atoms with van der Waals surface area (Å²) in [6.45, 7) is 0. The Balaban J connectivity index is 0.00000128. The number of hydrogen-bond donors (Lipinski definition) is 2. The van der Waals surface area contributed by atoms with Crippen LogP contribution in [-0.4, -0.2) is 12.2 Å². The van der Waals surface area contributed by atoms with E-state index in [2.05, 4.69) is 0 Å². The Hall–Kier alpha value is -0.640. The summed E-state index contributed by atoms with van der Waals surface area (Å²) in [5, 5.41) is 10.2. The van der Waals surface area contributed by atoms with Crippen LogP contribution >= 0.6 is 24.0 Å². The van der Waals surface area contributed by atoms with E-state index in [1.165, 1.54) is 0 Å². The smallest absolute Gasteiger partial charge is 0.142 e. The Morgan fingerprint density at radius 2 is 2.12 bits per heavy atom. The molecule has 0 spiro atoms. The predicted octanol–water partition coefficient (Wildman–Crippen LogP) is 2.89. The van der Waals surface area contributed by atoms with Crippen LogP contribution in [0.3, 0.4) is 0 Å². The summed E-state index contributed by atoms with van der Waals surface area (Å²) in [5.41, 5.74) is 6.68. The van der Waals surface area contributed by atoms with E-state index in [-0.39, 0.29) is 24.2 Å². The number of phenolic OH excluding ortho intramolecular Hbond substituents is 1. The maximum absolute atomic E-state index is 9.86. The Bertz CT molecular complexity index is 380. The second-order valence-corrected chi connectivity index (χ2v) is 4.28. The van der Waals surface area contributed by atoms with Crippen molar-refractivity contribution in [2.45, 2.75) is 18.9 Å². The van der Waals surface area contributed by atoms with Gasteiger partial charge in [-0.15, -0.1) is 12.4 Å². The molecule has 1 fully saturated rings. The average molecular weight is 264 g/mol. The normalized spacial score (nSPS) is 16.4. The molecule has 0 aliphatic heterocycles. The molecule has 0 radical (unpaired) electrons. The Morgan fingerprint density at radius 3 is 2.62 bits per heavy atom. The highest BCUT2D eigenvalue weighted by Crippen LogP contribution is 2.46. The number of aromatic hydroxyl groups is 1. The summed E-state index contributed by atoms with van der Waals surface area (Å²) >= 11 is 5.85. The number of ether oxygens (including phenoxy) is 1. The summed E-state index contributed by atoms with van der Waals surface area (Å²) in [7, 11) is 1.56.